The third-order valence-corrected chi connectivity index (χ3v) is 7.48. The second-order valence-corrected chi connectivity index (χ2v) is 9.93. The van der Waals surface area contributed by atoms with Crippen LogP contribution in [0.25, 0.3) is 0 Å². The third-order valence-electron chi connectivity index (χ3n) is 7.48. The van der Waals surface area contributed by atoms with Gasteiger partial charge < -0.3 is 29.1 Å². The average molecular weight is 609 g/mol. The predicted molar refractivity (Wildman–Crippen MR) is 171 cm³/mol. The highest BCUT2D eigenvalue weighted by atomic mass is 16.5. The molecular formula is C34H48N4O6. The number of carbonyl (C=O) groups is 4. The average Bonchev–Trinajstić information content (AvgIpc) is 3.05. The van der Waals surface area contributed by atoms with Crippen LogP contribution in [0.4, 0.5) is 9.59 Å². The zero-order valence-electron chi connectivity index (χ0n) is 27.0. The zero-order valence-corrected chi connectivity index (χ0v) is 27.0. The van der Waals surface area contributed by atoms with Crippen LogP contribution < -0.4 is 0 Å². The number of hydrogen-bond acceptors (Lipinski definition) is 6. The van der Waals surface area contributed by atoms with Crippen LogP contribution in [0.5, 0.6) is 0 Å². The Morgan fingerprint density at radius 1 is 0.545 bits per heavy atom. The number of rotatable bonds is 16. The minimum absolute atomic E-state index is 0.0852. The van der Waals surface area contributed by atoms with E-state index in [1.807, 2.05) is 102 Å². The number of ether oxygens (including phenoxy) is 2. The van der Waals surface area contributed by atoms with Gasteiger partial charge in [-0.1, -0.05) is 60.7 Å². The lowest BCUT2D eigenvalue weighted by Crippen LogP contribution is -2.46. The Bertz CT molecular complexity index is 1110. The van der Waals surface area contributed by atoms with Crippen LogP contribution in [0.3, 0.4) is 0 Å². The summed E-state index contributed by atoms with van der Waals surface area (Å²) in [5.41, 5.74) is 1.66. The van der Waals surface area contributed by atoms with Gasteiger partial charge in [0, 0.05) is 51.4 Å². The number of benzene rings is 2. The lowest BCUT2D eigenvalue weighted by molar-refractivity contribution is -0.142. The standard InChI is InChI=1S/C34H48N4O6/c1-7-35(8-2)33(41)37(11-5)29(27-19-15-13-16-20-27)25-43-31(39)23-24-32(40)44-26-30(28-21-17-14-18-22-28)38(12-6)34(42)36(9-3)10-4/h13-24,29-30H,7-12,25-26H2,1-6H3/b24-23+/t29-,30-/m1/s1. The van der Waals surface area contributed by atoms with E-state index < -0.39 is 24.0 Å². The summed E-state index contributed by atoms with van der Waals surface area (Å²) in [5, 5.41) is 0. The third kappa shape index (κ3) is 10.1. The molecule has 0 aliphatic carbocycles. The molecule has 0 radical (unpaired) electrons. The smallest absolute Gasteiger partial charge is 0.331 e. The molecule has 0 aliphatic heterocycles. The second kappa shape index (κ2) is 19.0. The van der Waals surface area contributed by atoms with Crippen LogP contribution in [0.1, 0.15) is 64.8 Å². The molecule has 0 fully saturated rings. The van der Waals surface area contributed by atoms with Crippen molar-refractivity contribution >= 4 is 24.0 Å². The van der Waals surface area contributed by atoms with Gasteiger partial charge in [0.05, 0.1) is 12.1 Å². The van der Waals surface area contributed by atoms with E-state index in [-0.39, 0.29) is 25.3 Å². The monoisotopic (exact) mass is 608 g/mol. The summed E-state index contributed by atoms with van der Waals surface area (Å²) in [4.78, 5) is 58.6. The molecule has 2 aromatic rings. The predicted octanol–water partition coefficient (Wildman–Crippen LogP) is 5.68. The van der Waals surface area contributed by atoms with Crippen LogP contribution in [0, 0.1) is 0 Å². The van der Waals surface area contributed by atoms with E-state index in [1.54, 1.807) is 19.6 Å². The molecule has 0 bridgehead atoms. The molecule has 4 amide bonds. The maximum absolute atomic E-state index is 13.2. The molecule has 0 aliphatic rings. The summed E-state index contributed by atoms with van der Waals surface area (Å²) >= 11 is 0. The Labute approximate surface area is 262 Å². The summed E-state index contributed by atoms with van der Waals surface area (Å²) in [6, 6.07) is 17.5. The van der Waals surface area contributed by atoms with Crippen molar-refractivity contribution < 1.29 is 28.7 Å². The second-order valence-electron chi connectivity index (χ2n) is 9.93. The van der Waals surface area contributed by atoms with Crippen LogP contribution in [-0.4, -0.2) is 96.1 Å². The lowest BCUT2D eigenvalue weighted by atomic mass is 10.1. The largest absolute Gasteiger partial charge is 0.460 e. The first-order chi connectivity index (χ1) is 21.3. The van der Waals surface area contributed by atoms with Crippen molar-refractivity contribution in [2.75, 3.05) is 52.5 Å². The molecule has 0 N–H and O–H groups in total. The van der Waals surface area contributed by atoms with Crippen LogP contribution in [0.2, 0.25) is 0 Å². The van der Waals surface area contributed by atoms with Crippen molar-refractivity contribution in [2.45, 2.75) is 53.6 Å². The van der Waals surface area contributed by atoms with Crippen LogP contribution in [0.15, 0.2) is 72.8 Å². The highest BCUT2D eigenvalue weighted by Gasteiger charge is 2.29. The Balaban J connectivity index is 2.12. The van der Waals surface area contributed by atoms with Crippen LogP contribution >= 0.6 is 0 Å². The van der Waals surface area contributed by atoms with Gasteiger partial charge in [-0.25, -0.2) is 19.2 Å². The van der Waals surface area contributed by atoms with Gasteiger partial charge in [0.1, 0.15) is 13.2 Å². The number of carbonyl (C=O) groups excluding carboxylic acids is 4. The van der Waals surface area contributed by atoms with Gasteiger partial charge in [-0.15, -0.1) is 0 Å². The highest BCUT2D eigenvalue weighted by Crippen LogP contribution is 2.24. The van der Waals surface area contributed by atoms with Gasteiger partial charge in [-0.3, -0.25) is 0 Å². The number of hydrogen-bond donors (Lipinski definition) is 0. The van der Waals surface area contributed by atoms with E-state index in [2.05, 4.69) is 0 Å². The topological polar surface area (TPSA) is 99.7 Å². The summed E-state index contributed by atoms with van der Waals surface area (Å²) in [7, 11) is 0. The van der Waals surface area contributed by atoms with Gasteiger partial charge in [0.25, 0.3) is 0 Å². The van der Waals surface area contributed by atoms with Gasteiger partial charge in [-0.2, -0.15) is 0 Å². The molecule has 44 heavy (non-hydrogen) atoms. The van der Waals surface area contributed by atoms with Crippen molar-refractivity contribution in [1.82, 2.24) is 19.6 Å². The maximum atomic E-state index is 13.2. The SMILES string of the molecule is CCN(CC)C(=O)N(CC)[C@H](COC(=O)/C=C/C(=O)OC[C@H](c1ccccc1)N(CC)C(=O)N(CC)CC)c1ccccc1. The van der Waals surface area contributed by atoms with E-state index >= 15 is 0 Å². The van der Waals surface area contributed by atoms with Crippen molar-refractivity contribution in [3.63, 3.8) is 0 Å². The van der Waals surface area contributed by atoms with Gasteiger partial charge in [-0.05, 0) is 52.7 Å². The van der Waals surface area contributed by atoms with Crippen molar-refractivity contribution in [3.05, 3.63) is 83.9 Å². The molecule has 0 saturated heterocycles. The zero-order chi connectivity index (χ0) is 32.5. The minimum Gasteiger partial charge on any atom is -0.460 e. The fourth-order valence-corrected chi connectivity index (χ4v) is 4.97. The summed E-state index contributed by atoms with van der Waals surface area (Å²) in [5.74, 6) is -1.47. The molecule has 2 rings (SSSR count). The molecule has 0 aromatic heterocycles. The maximum Gasteiger partial charge on any atom is 0.331 e. The number of amides is 4. The van der Waals surface area contributed by atoms with E-state index in [4.69, 9.17) is 9.47 Å². The first-order valence-electron chi connectivity index (χ1n) is 15.5. The van der Waals surface area contributed by atoms with E-state index in [9.17, 15) is 19.2 Å². The number of urea groups is 2. The van der Waals surface area contributed by atoms with E-state index in [0.717, 1.165) is 23.3 Å². The van der Waals surface area contributed by atoms with Gasteiger partial charge in [0.2, 0.25) is 0 Å². The molecule has 0 spiro atoms. The molecule has 0 saturated carbocycles. The molecule has 0 heterocycles. The first-order valence-corrected chi connectivity index (χ1v) is 15.5. The normalized spacial score (nSPS) is 12.2. The molecule has 2 atom stereocenters. The Hall–Kier alpha value is -4.34. The summed E-state index contributed by atoms with van der Waals surface area (Å²) in [6.07, 6.45) is 2.03. The number of likely N-dealkylation sites (N-methyl/N-ethyl adjacent to an activating group) is 2. The Morgan fingerprint density at radius 2 is 0.864 bits per heavy atom. The van der Waals surface area contributed by atoms with Crippen molar-refractivity contribution in [3.8, 4) is 0 Å². The minimum atomic E-state index is -0.735. The molecule has 240 valence electrons. The molecular weight excluding hydrogens is 560 g/mol. The molecule has 0 unspecified atom stereocenters. The van der Waals surface area contributed by atoms with Gasteiger partial charge >= 0.3 is 24.0 Å². The fraction of sp³-hybridized carbons (Fsp3) is 0.471. The fourth-order valence-electron chi connectivity index (χ4n) is 4.97. The van der Waals surface area contributed by atoms with E-state index in [0.29, 0.717) is 39.3 Å². The quantitative estimate of drug-likeness (QED) is 0.180. The Morgan fingerprint density at radius 3 is 1.14 bits per heavy atom. The molecule has 2 aromatic carbocycles. The van der Waals surface area contributed by atoms with Gasteiger partial charge in [0.15, 0.2) is 0 Å². The highest BCUT2D eigenvalue weighted by molar-refractivity contribution is 5.91. The Kier molecular flexibility index (Phi) is 15.5. The van der Waals surface area contributed by atoms with Crippen molar-refractivity contribution in [2.24, 2.45) is 0 Å². The first kappa shape index (κ1) is 35.9. The number of nitrogens with zero attached hydrogens (tertiary/aromatic N) is 4. The van der Waals surface area contributed by atoms with Crippen LogP contribution in [-0.2, 0) is 19.1 Å². The van der Waals surface area contributed by atoms with Crippen molar-refractivity contribution in [1.29, 1.82) is 0 Å². The molecule has 10 nitrogen and oxygen atoms in total. The molecule has 10 heteroatoms. The summed E-state index contributed by atoms with van der Waals surface area (Å²) in [6.45, 7) is 14.3. The van der Waals surface area contributed by atoms with E-state index in [1.165, 1.54) is 0 Å². The number of esters is 2. The lowest BCUT2D eigenvalue weighted by Gasteiger charge is -2.34. The summed E-state index contributed by atoms with van der Waals surface area (Å²) < 4.78 is 11.0.